The zero-order valence-electron chi connectivity index (χ0n) is 10.8. The molecular formula is C15H20O2. The zero-order chi connectivity index (χ0) is 12.1. The maximum Gasteiger partial charge on any atom is 0.164 e. The first kappa shape index (κ1) is 11.2. The van der Waals surface area contributed by atoms with E-state index < -0.39 is 5.79 Å². The Kier molecular flexibility index (Phi) is 2.36. The molecule has 0 spiro atoms. The van der Waals surface area contributed by atoms with E-state index >= 15 is 0 Å². The van der Waals surface area contributed by atoms with Gasteiger partial charge in [0.1, 0.15) is 5.60 Å². The highest BCUT2D eigenvalue weighted by atomic mass is 16.8. The van der Waals surface area contributed by atoms with Gasteiger partial charge in [0, 0.05) is 6.42 Å². The van der Waals surface area contributed by atoms with Crippen LogP contribution in [-0.2, 0) is 21.5 Å². The van der Waals surface area contributed by atoms with Crippen LogP contribution in [0.15, 0.2) is 24.3 Å². The summed E-state index contributed by atoms with van der Waals surface area (Å²) in [5.74, 6) is -0.451. The molecule has 3 rings (SSSR count). The van der Waals surface area contributed by atoms with Gasteiger partial charge in [0.25, 0.3) is 0 Å². The molecule has 1 saturated heterocycles. The van der Waals surface area contributed by atoms with Gasteiger partial charge < -0.3 is 9.47 Å². The monoisotopic (exact) mass is 232 g/mol. The van der Waals surface area contributed by atoms with Crippen LogP contribution in [0.1, 0.15) is 44.7 Å². The van der Waals surface area contributed by atoms with E-state index in [0.717, 1.165) is 19.3 Å². The van der Waals surface area contributed by atoms with Gasteiger partial charge >= 0.3 is 0 Å². The van der Waals surface area contributed by atoms with Crippen LogP contribution in [0.5, 0.6) is 0 Å². The third-order valence-corrected chi connectivity index (χ3v) is 3.87. The van der Waals surface area contributed by atoms with Crippen LogP contribution < -0.4 is 0 Å². The predicted octanol–water partition coefficient (Wildman–Crippen LogP) is 3.39. The lowest BCUT2D eigenvalue weighted by molar-refractivity contribution is -0.168. The fourth-order valence-corrected chi connectivity index (χ4v) is 3.43. The van der Waals surface area contributed by atoms with Gasteiger partial charge in [-0.25, -0.2) is 0 Å². The van der Waals surface area contributed by atoms with Gasteiger partial charge in [-0.15, -0.1) is 0 Å². The fraction of sp³-hybridized carbons (Fsp3) is 0.600. The first-order valence-corrected chi connectivity index (χ1v) is 6.54. The van der Waals surface area contributed by atoms with E-state index in [0.29, 0.717) is 0 Å². The molecule has 2 heteroatoms. The van der Waals surface area contributed by atoms with Gasteiger partial charge in [-0.3, -0.25) is 0 Å². The summed E-state index contributed by atoms with van der Waals surface area (Å²) in [7, 11) is 0. The van der Waals surface area contributed by atoms with E-state index in [2.05, 4.69) is 31.2 Å². The first-order chi connectivity index (χ1) is 8.07. The number of ether oxygens (including phenoxy) is 2. The van der Waals surface area contributed by atoms with Crippen LogP contribution in [0.3, 0.4) is 0 Å². The van der Waals surface area contributed by atoms with Crippen molar-refractivity contribution in [3.05, 3.63) is 35.4 Å². The molecule has 2 aliphatic rings. The van der Waals surface area contributed by atoms with Crippen molar-refractivity contribution < 1.29 is 9.47 Å². The van der Waals surface area contributed by atoms with Gasteiger partial charge in [0.05, 0.1) is 6.10 Å². The Hall–Kier alpha value is -0.860. The molecule has 17 heavy (non-hydrogen) atoms. The molecule has 92 valence electrons. The number of hydrogen-bond acceptors (Lipinski definition) is 2. The van der Waals surface area contributed by atoms with Gasteiger partial charge in [-0.2, -0.15) is 0 Å². The molecular weight excluding hydrogens is 212 g/mol. The van der Waals surface area contributed by atoms with Crippen molar-refractivity contribution in [1.82, 2.24) is 0 Å². The van der Waals surface area contributed by atoms with E-state index in [4.69, 9.17) is 9.47 Å². The Labute approximate surface area is 103 Å². The van der Waals surface area contributed by atoms with Crippen LogP contribution >= 0.6 is 0 Å². The molecule has 0 amide bonds. The second kappa shape index (κ2) is 3.56. The van der Waals surface area contributed by atoms with Crippen LogP contribution in [0.25, 0.3) is 0 Å². The SMILES string of the molecule is CCCC12OC(C)(C)OC1Cc1ccccc12. The Balaban J connectivity index is 2.08. The number of hydrogen-bond donors (Lipinski definition) is 0. The highest BCUT2D eigenvalue weighted by molar-refractivity contribution is 5.40. The zero-order valence-corrected chi connectivity index (χ0v) is 10.8. The van der Waals surface area contributed by atoms with Crippen molar-refractivity contribution in [2.75, 3.05) is 0 Å². The van der Waals surface area contributed by atoms with Gasteiger partial charge in [-0.1, -0.05) is 37.6 Å². The fourth-order valence-electron chi connectivity index (χ4n) is 3.43. The lowest BCUT2D eigenvalue weighted by Gasteiger charge is -2.29. The minimum absolute atomic E-state index is 0.190. The topological polar surface area (TPSA) is 18.5 Å². The van der Waals surface area contributed by atoms with Crippen molar-refractivity contribution in [2.45, 2.75) is 57.5 Å². The Morgan fingerprint density at radius 2 is 2.06 bits per heavy atom. The number of fused-ring (bicyclic) bond motifs is 3. The summed E-state index contributed by atoms with van der Waals surface area (Å²) >= 11 is 0. The normalized spacial score (nSPS) is 33.5. The highest BCUT2D eigenvalue weighted by Crippen LogP contribution is 2.52. The van der Waals surface area contributed by atoms with Crippen LogP contribution in [0.4, 0.5) is 0 Å². The van der Waals surface area contributed by atoms with Gasteiger partial charge in [-0.05, 0) is 31.4 Å². The molecule has 2 atom stereocenters. The lowest BCUT2D eigenvalue weighted by Crippen LogP contribution is -2.33. The molecule has 0 bridgehead atoms. The summed E-state index contributed by atoms with van der Waals surface area (Å²) in [4.78, 5) is 0. The Bertz CT molecular complexity index is 438. The average molecular weight is 232 g/mol. The van der Waals surface area contributed by atoms with E-state index in [1.165, 1.54) is 11.1 Å². The lowest BCUT2D eigenvalue weighted by atomic mass is 9.89. The Morgan fingerprint density at radius 1 is 1.29 bits per heavy atom. The smallest absolute Gasteiger partial charge is 0.164 e. The molecule has 1 aromatic carbocycles. The molecule has 0 N–H and O–H groups in total. The number of rotatable bonds is 2. The summed E-state index contributed by atoms with van der Waals surface area (Å²) in [5.41, 5.74) is 2.54. The van der Waals surface area contributed by atoms with Crippen molar-refractivity contribution >= 4 is 0 Å². The van der Waals surface area contributed by atoms with Crippen molar-refractivity contribution in [3.8, 4) is 0 Å². The minimum Gasteiger partial charge on any atom is -0.344 e. The van der Waals surface area contributed by atoms with Crippen LogP contribution in [0.2, 0.25) is 0 Å². The molecule has 1 fully saturated rings. The van der Waals surface area contributed by atoms with Crippen LogP contribution in [0, 0.1) is 0 Å². The minimum atomic E-state index is -0.451. The van der Waals surface area contributed by atoms with Gasteiger partial charge in [0.15, 0.2) is 5.79 Å². The molecule has 2 unspecified atom stereocenters. The summed E-state index contributed by atoms with van der Waals surface area (Å²) in [6.07, 6.45) is 3.33. The highest BCUT2D eigenvalue weighted by Gasteiger charge is 2.57. The molecule has 0 aromatic heterocycles. The predicted molar refractivity (Wildman–Crippen MR) is 66.8 cm³/mol. The standard InChI is InChI=1S/C15H20O2/c1-4-9-15-12-8-6-5-7-11(12)10-13(15)16-14(2,3)17-15/h5-8,13H,4,9-10H2,1-3H3. The molecule has 0 saturated carbocycles. The van der Waals surface area contributed by atoms with Crippen molar-refractivity contribution in [1.29, 1.82) is 0 Å². The Morgan fingerprint density at radius 3 is 2.82 bits per heavy atom. The molecule has 1 aliphatic carbocycles. The molecule has 2 nitrogen and oxygen atoms in total. The second-order valence-electron chi connectivity index (χ2n) is 5.61. The largest absolute Gasteiger partial charge is 0.344 e. The van der Waals surface area contributed by atoms with Crippen molar-refractivity contribution in [3.63, 3.8) is 0 Å². The quantitative estimate of drug-likeness (QED) is 0.778. The third kappa shape index (κ3) is 1.54. The van der Waals surface area contributed by atoms with Gasteiger partial charge in [0.2, 0.25) is 0 Å². The number of benzene rings is 1. The molecule has 1 aliphatic heterocycles. The van der Waals surface area contributed by atoms with E-state index in [1.807, 2.05) is 13.8 Å². The molecule has 1 aromatic rings. The molecule has 1 heterocycles. The summed E-state index contributed by atoms with van der Waals surface area (Å²) < 4.78 is 12.4. The van der Waals surface area contributed by atoms with Crippen molar-refractivity contribution in [2.24, 2.45) is 0 Å². The van der Waals surface area contributed by atoms with E-state index in [-0.39, 0.29) is 11.7 Å². The maximum atomic E-state index is 6.30. The second-order valence-corrected chi connectivity index (χ2v) is 5.61. The summed E-state index contributed by atoms with van der Waals surface area (Å²) in [6, 6.07) is 8.61. The summed E-state index contributed by atoms with van der Waals surface area (Å²) in [5, 5.41) is 0. The molecule has 0 radical (unpaired) electrons. The average Bonchev–Trinajstić information content (AvgIpc) is 2.66. The van der Waals surface area contributed by atoms with Crippen LogP contribution in [-0.4, -0.2) is 11.9 Å². The van der Waals surface area contributed by atoms with E-state index in [9.17, 15) is 0 Å². The summed E-state index contributed by atoms with van der Waals surface area (Å²) in [6.45, 7) is 6.25. The van der Waals surface area contributed by atoms with E-state index in [1.54, 1.807) is 0 Å². The first-order valence-electron chi connectivity index (χ1n) is 6.54. The third-order valence-electron chi connectivity index (χ3n) is 3.87. The maximum absolute atomic E-state index is 6.30.